The molecule has 9 nitrogen and oxygen atoms in total. The number of aromatic nitrogens is 1. The maximum atomic E-state index is 13.1. The molecule has 3 aromatic rings. The molecule has 0 saturated carbocycles. The summed E-state index contributed by atoms with van der Waals surface area (Å²) in [5.41, 5.74) is 2.26. The first-order valence-electron chi connectivity index (χ1n) is 13.1. The van der Waals surface area contributed by atoms with Crippen molar-refractivity contribution in [1.82, 2.24) is 20.1 Å². The molecular weight excluding hydrogens is 516 g/mol. The predicted octanol–water partition coefficient (Wildman–Crippen LogP) is 3.82. The fourth-order valence-corrected chi connectivity index (χ4v) is 4.68. The van der Waals surface area contributed by atoms with Crippen molar-refractivity contribution in [2.45, 2.75) is 26.8 Å². The fraction of sp³-hybridized carbons (Fsp3) is 0.448. The van der Waals surface area contributed by atoms with E-state index in [1.807, 2.05) is 30.3 Å². The summed E-state index contributed by atoms with van der Waals surface area (Å²) in [6.45, 7) is 8.72. The summed E-state index contributed by atoms with van der Waals surface area (Å²) in [4.78, 5) is 20.4. The van der Waals surface area contributed by atoms with E-state index in [2.05, 4.69) is 33.9 Å². The van der Waals surface area contributed by atoms with Crippen LogP contribution in [-0.2, 0) is 13.0 Å². The van der Waals surface area contributed by atoms with E-state index in [4.69, 9.17) is 31.2 Å². The topological polar surface area (TPSA) is 88.3 Å². The number of ether oxygens (including phenoxy) is 4. The minimum Gasteiger partial charge on any atom is -0.493 e. The molecule has 0 aliphatic rings. The lowest BCUT2D eigenvalue weighted by atomic mass is 10.1. The van der Waals surface area contributed by atoms with Gasteiger partial charge in [-0.05, 0) is 61.6 Å². The molecule has 0 fully saturated rings. The monoisotopic (exact) mass is 556 g/mol. The quantitative estimate of drug-likeness (QED) is 0.288. The molecule has 1 heterocycles. The Bertz CT molecular complexity index is 1310. The van der Waals surface area contributed by atoms with Crippen LogP contribution in [0.2, 0.25) is 0 Å². The summed E-state index contributed by atoms with van der Waals surface area (Å²) in [5, 5.41) is 4.85. The van der Waals surface area contributed by atoms with E-state index in [1.165, 1.54) is 0 Å². The van der Waals surface area contributed by atoms with Crippen molar-refractivity contribution in [3.63, 3.8) is 0 Å². The Kier molecular flexibility index (Phi) is 11.2. The van der Waals surface area contributed by atoms with Crippen LogP contribution in [0.5, 0.6) is 23.0 Å². The average molecular weight is 557 g/mol. The average Bonchev–Trinajstić information content (AvgIpc) is 2.96. The van der Waals surface area contributed by atoms with Crippen molar-refractivity contribution in [3.8, 4) is 23.0 Å². The standard InChI is InChI=1S/C29H40N4O5S/c1-7-32(8-2)13-14-33(29(39)30-12-11-20-9-10-24(35-3)25(15-20)36-4)19-22-16-21-17-26(37-5)27(38-6)18-23(21)31-28(22)34/h9-10,15-18H,7-8,11-14,19H2,1-6H3,(H,30,39)(H,31,34). The van der Waals surface area contributed by atoms with E-state index in [0.29, 0.717) is 58.8 Å². The number of thiocarbonyl (C=S) groups is 1. The highest BCUT2D eigenvalue weighted by molar-refractivity contribution is 7.80. The SMILES string of the molecule is CCN(CC)CCN(Cc1cc2cc(OC)c(OC)cc2[nH]c1=O)C(=S)NCCc1ccc(OC)c(OC)c1. The Morgan fingerprint density at radius 2 is 1.51 bits per heavy atom. The number of fused-ring (bicyclic) bond motifs is 1. The summed E-state index contributed by atoms with van der Waals surface area (Å²) in [5.74, 6) is 2.56. The van der Waals surface area contributed by atoms with Crippen LogP contribution in [0.15, 0.2) is 41.2 Å². The van der Waals surface area contributed by atoms with Crippen molar-refractivity contribution in [3.05, 3.63) is 57.9 Å². The highest BCUT2D eigenvalue weighted by Gasteiger charge is 2.16. The third kappa shape index (κ3) is 7.77. The number of nitrogens with one attached hydrogen (secondary N) is 2. The van der Waals surface area contributed by atoms with Gasteiger partial charge in [0.1, 0.15) is 0 Å². The molecule has 0 radical (unpaired) electrons. The number of benzene rings is 2. The second kappa shape index (κ2) is 14.6. The van der Waals surface area contributed by atoms with E-state index in [9.17, 15) is 4.79 Å². The van der Waals surface area contributed by atoms with E-state index in [1.54, 1.807) is 34.5 Å². The third-order valence-corrected chi connectivity index (χ3v) is 7.19. The first kappa shape index (κ1) is 30.0. The highest BCUT2D eigenvalue weighted by atomic mass is 32.1. The molecule has 2 aromatic carbocycles. The van der Waals surface area contributed by atoms with E-state index >= 15 is 0 Å². The Hall–Kier alpha value is -3.50. The van der Waals surface area contributed by atoms with Crippen LogP contribution in [0, 0.1) is 0 Å². The van der Waals surface area contributed by atoms with Gasteiger partial charge in [-0.15, -0.1) is 0 Å². The molecule has 0 saturated heterocycles. The molecule has 2 N–H and O–H groups in total. The van der Waals surface area contributed by atoms with Crippen LogP contribution in [-0.4, -0.2) is 81.1 Å². The Balaban J connectivity index is 1.78. The highest BCUT2D eigenvalue weighted by Crippen LogP contribution is 2.31. The lowest BCUT2D eigenvalue weighted by molar-refractivity contribution is 0.263. The van der Waals surface area contributed by atoms with Gasteiger partial charge in [-0.1, -0.05) is 19.9 Å². The second-order valence-electron chi connectivity index (χ2n) is 9.04. The summed E-state index contributed by atoms with van der Waals surface area (Å²) in [6.07, 6.45) is 0.753. The van der Waals surface area contributed by atoms with E-state index in [-0.39, 0.29) is 5.56 Å². The smallest absolute Gasteiger partial charge is 0.253 e. The van der Waals surface area contributed by atoms with Crippen LogP contribution in [0.1, 0.15) is 25.0 Å². The van der Waals surface area contributed by atoms with Gasteiger partial charge in [0.15, 0.2) is 28.1 Å². The minimum absolute atomic E-state index is 0.157. The van der Waals surface area contributed by atoms with Crippen LogP contribution in [0.25, 0.3) is 10.9 Å². The predicted molar refractivity (Wildman–Crippen MR) is 160 cm³/mol. The Labute approximate surface area is 236 Å². The first-order valence-corrected chi connectivity index (χ1v) is 13.5. The van der Waals surface area contributed by atoms with Crippen molar-refractivity contribution < 1.29 is 18.9 Å². The van der Waals surface area contributed by atoms with Crippen molar-refractivity contribution in [2.24, 2.45) is 0 Å². The number of likely N-dealkylation sites (N-methyl/N-ethyl adjacent to an activating group) is 1. The van der Waals surface area contributed by atoms with Gasteiger partial charge in [-0.25, -0.2) is 0 Å². The number of hydrogen-bond acceptors (Lipinski definition) is 7. The summed E-state index contributed by atoms with van der Waals surface area (Å²) in [6, 6.07) is 11.4. The largest absolute Gasteiger partial charge is 0.493 e. The van der Waals surface area contributed by atoms with Gasteiger partial charge >= 0.3 is 0 Å². The summed E-state index contributed by atoms with van der Waals surface area (Å²) < 4.78 is 21.6. The molecule has 0 amide bonds. The van der Waals surface area contributed by atoms with Crippen LogP contribution < -0.4 is 29.8 Å². The van der Waals surface area contributed by atoms with E-state index < -0.39 is 0 Å². The van der Waals surface area contributed by atoms with Gasteiger partial charge in [-0.2, -0.15) is 0 Å². The summed E-state index contributed by atoms with van der Waals surface area (Å²) >= 11 is 5.82. The Morgan fingerprint density at radius 1 is 0.872 bits per heavy atom. The molecule has 1 aromatic heterocycles. The fourth-order valence-electron chi connectivity index (χ4n) is 4.42. The van der Waals surface area contributed by atoms with Gasteiger partial charge < -0.3 is 39.0 Å². The molecule has 0 aliphatic carbocycles. The molecule has 0 atom stereocenters. The number of aromatic amines is 1. The zero-order valence-electron chi connectivity index (χ0n) is 23.8. The molecule has 0 bridgehead atoms. The minimum atomic E-state index is -0.157. The van der Waals surface area contributed by atoms with Gasteiger partial charge in [0, 0.05) is 36.7 Å². The van der Waals surface area contributed by atoms with Gasteiger partial charge in [0.2, 0.25) is 0 Å². The molecule has 0 unspecified atom stereocenters. The van der Waals surface area contributed by atoms with E-state index in [0.717, 1.165) is 37.0 Å². The molecular formula is C29H40N4O5S. The molecule has 39 heavy (non-hydrogen) atoms. The maximum absolute atomic E-state index is 13.1. The maximum Gasteiger partial charge on any atom is 0.253 e. The molecule has 212 valence electrons. The number of methoxy groups -OCH3 is 4. The lowest BCUT2D eigenvalue weighted by Gasteiger charge is -2.29. The van der Waals surface area contributed by atoms with Gasteiger partial charge in [-0.3, -0.25) is 4.79 Å². The lowest BCUT2D eigenvalue weighted by Crippen LogP contribution is -2.44. The van der Waals surface area contributed by atoms with Gasteiger partial charge in [0.05, 0.1) is 40.5 Å². The molecule has 3 rings (SSSR count). The summed E-state index contributed by atoms with van der Waals surface area (Å²) in [7, 11) is 6.42. The third-order valence-electron chi connectivity index (χ3n) is 6.79. The number of pyridine rings is 1. The number of hydrogen-bond donors (Lipinski definition) is 2. The molecule has 10 heteroatoms. The van der Waals surface area contributed by atoms with Crippen LogP contribution in [0.3, 0.4) is 0 Å². The molecule has 0 aliphatic heterocycles. The van der Waals surface area contributed by atoms with Crippen molar-refractivity contribution in [2.75, 3.05) is 61.2 Å². The number of rotatable bonds is 14. The van der Waals surface area contributed by atoms with Crippen molar-refractivity contribution in [1.29, 1.82) is 0 Å². The number of nitrogens with zero attached hydrogens (tertiary/aromatic N) is 2. The van der Waals surface area contributed by atoms with Crippen LogP contribution >= 0.6 is 12.2 Å². The van der Waals surface area contributed by atoms with Gasteiger partial charge in [0.25, 0.3) is 5.56 Å². The normalized spacial score (nSPS) is 10.9. The second-order valence-corrected chi connectivity index (χ2v) is 9.42. The van der Waals surface area contributed by atoms with Crippen molar-refractivity contribution >= 4 is 28.2 Å². The van der Waals surface area contributed by atoms with Crippen LogP contribution in [0.4, 0.5) is 0 Å². The zero-order valence-corrected chi connectivity index (χ0v) is 24.6. The first-order chi connectivity index (χ1) is 18.9. The Morgan fingerprint density at radius 3 is 2.15 bits per heavy atom. The zero-order chi connectivity index (χ0) is 28.4. The molecule has 0 spiro atoms. The number of H-pyrrole nitrogens is 1.